The molecule has 0 radical (unpaired) electrons. The van der Waals surface area contributed by atoms with Gasteiger partial charge < -0.3 is 24.8 Å². The summed E-state index contributed by atoms with van der Waals surface area (Å²) >= 11 is 0. The summed E-state index contributed by atoms with van der Waals surface area (Å²) in [5.41, 5.74) is 0.923. The molecule has 4 rings (SSSR count). The van der Waals surface area contributed by atoms with Crippen molar-refractivity contribution in [2.75, 3.05) is 32.8 Å². The Morgan fingerprint density at radius 2 is 2.15 bits per heavy atom. The molecule has 0 aliphatic carbocycles. The predicted octanol–water partition coefficient (Wildman–Crippen LogP) is -0.811. The molecule has 8 nitrogen and oxygen atoms in total. The fourth-order valence-electron chi connectivity index (χ4n) is 4.10. The van der Waals surface area contributed by atoms with Crippen LogP contribution in [0.2, 0.25) is 0 Å². The molecule has 26 heavy (non-hydrogen) atoms. The number of nitrogens with one attached hydrogen (secondary N) is 1. The zero-order chi connectivity index (χ0) is 18.1. The number of hydrogen-bond donors (Lipinski definition) is 2. The second-order valence-corrected chi connectivity index (χ2v) is 7.13. The van der Waals surface area contributed by atoms with Gasteiger partial charge in [-0.15, -0.1) is 0 Å². The van der Waals surface area contributed by atoms with Crippen LogP contribution in [-0.2, 0) is 20.8 Å². The number of aliphatic hydroxyl groups excluding tert-OH is 1. The fraction of sp³-hybridized carbons (Fsp3) is 0.667. The Morgan fingerprint density at radius 3 is 2.85 bits per heavy atom. The lowest BCUT2D eigenvalue weighted by molar-refractivity contribution is -0.187. The fourth-order valence-corrected chi connectivity index (χ4v) is 4.10. The predicted molar refractivity (Wildman–Crippen MR) is 93.1 cm³/mol. The maximum absolute atomic E-state index is 11.5. The molecule has 3 aliphatic heterocycles. The van der Waals surface area contributed by atoms with Crippen molar-refractivity contribution in [1.29, 1.82) is 0 Å². The summed E-state index contributed by atoms with van der Waals surface area (Å²) in [6.45, 7) is 5.39. The Hall–Kier alpha value is -1.58. The third kappa shape index (κ3) is 3.47. The van der Waals surface area contributed by atoms with Crippen molar-refractivity contribution in [3.8, 4) is 0 Å². The van der Waals surface area contributed by atoms with Gasteiger partial charge in [-0.25, -0.2) is 0 Å². The van der Waals surface area contributed by atoms with Gasteiger partial charge in [-0.05, 0) is 12.1 Å². The lowest BCUT2D eigenvalue weighted by atomic mass is 9.94. The van der Waals surface area contributed by atoms with E-state index in [0.29, 0.717) is 39.3 Å². The smallest absolute Gasteiger partial charge is 0.219 e. The minimum Gasteiger partial charge on any atom is -0.390 e. The van der Waals surface area contributed by atoms with Gasteiger partial charge in [0, 0.05) is 45.8 Å². The first kappa shape index (κ1) is 17.8. The molecular formula is C18H26N4O4. The normalized spacial score (nSPS) is 34.8. The molecule has 0 spiro atoms. The van der Waals surface area contributed by atoms with Gasteiger partial charge in [0.25, 0.3) is 0 Å². The Kier molecular flexibility index (Phi) is 5.19. The Bertz CT molecular complexity index is 623. The third-order valence-corrected chi connectivity index (χ3v) is 5.56. The molecular weight excluding hydrogens is 336 g/mol. The number of hydrogen-bond acceptors (Lipinski definition) is 7. The standard InChI is InChI=1S/C18H26N4O4/c1-12(23)21-6-8-22(9-7-21)16-17(24)15(14-11-25-18(16)26-14)20-10-13-4-2-3-5-19-13/h2-5,14-18,20,24H,6-11H2,1H3/t14-,15-,16-,17+,18-/m1/s1. The summed E-state index contributed by atoms with van der Waals surface area (Å²) in [7, 11) is 0. The monoisotopic (exact) mass is 362 g/mol. The van der Waals surface area contributed by atoms with E-state index in [-0.39, 0.29) is 24.1 Å². The average Bonchev–Trinajstić information content (AvgIpc) is 3.08. The molecule has 5 atom stereocenters. The van der Waals surface area contributed by atoms with Gasteiger partial charge >= 0.3 is 0 Å². The van der Waals surface area contributed by atoms with Gasteiger partial charge in [0.15, 0.2) is 6.29 Å². The number of nitrogens with zero attached hydrogens (tertiary/aromatic N) is 3. The zero-order valence-corrected chi connectivity index (χ0v) is 15.0. The molecule has 0 saturated carbocycles. The highest BCUT2D eigenvalue weighted by Gasteiger charge is 2.52. The van der Waals surface area contributed by atoms with E-state index in [4.69, 9.17) is 9.47 Å². The molecule has 3 aliphatic rings. The number of piperazine rings is 1. The molecule has 0 aromatic carbocycles. The van der Waals surface area contributed by atoms with Crippen molar-refractivity contribution < 1.29 is 19.4 Å². The van der Waals surface area contributed by atoms with Gasteiger partial charge in [-0.2, -0.15) is 0 Å². The molecule has 3 fully saturated rings. The number of ether oxygens (including phenoxy) is 2. The highest BCUT2D eigenvalue weighted by atomic mass is 16.7. The Morgan fingerprint density at radius 1 is 1.35 bits per heavy atom. The van der Waals surface area contributed by atoms with Gasteiger partial charge in [0.2, 0.25) is 5.91 Å². The van der Waals surface area contributed by atoms with Gasteiger partial charge in [-0.3, -0.25) is 14.7 Å². The van der Waals surface area contributed by atoms with E-state index in [1.807, 2.05) is 23.1 Å². The van der Waals surface area contributed by atoms with Crippen LogP contribution in [0.1, 0.15) is 12.6 Å². The van der Waals surface area contributed by atoms with Crippen LogP contribution in [0.4, 0.5) is 0 Å². The van der Waals surface area contributed by atoms with E-state index in [1.54, 1.807) is 13.1 Å². The maximum atomic E-state index is 11.5. The first-order valence-corrected chi connectivity index (χ1v) is 9.21. The van der Waals surface area contributed by atoms with Crippen molar-refractivity contribution >= 4 is 5.91 Å². The number of rotatable bonds is 4. The number of aromatic nitrogens is 1. The van der Waals surface area contributed by atoms with Crippen molar-refractivity contribution in [1.82, 2.24) is 20.1 Å². The van der Waals surface area contributed by atoms with E-state index in [2.05, 4.69) is 15.2 Å². The SMILES string of the molecule is CC(=O)N1CCN([C@H]2[C@@H]3OC[C@@H](O3)[C@@H](NCc3ccccn3)[C@@H]2O)CC1. The maximum Gasteiger partial charge on any atom is 0.219 e. The summed E-state index contributed by atoms with van der Waals surface area (Å²) in [5.74, 6) is 0.0946. The summed E-state index contributed by atoms with van der Waals surface area (Å²) in [6.07, 6.45) is 0.589. The van der Waals surface area contributed by atoms with Crippen molar-refractivity contribution in [2.45, 2.75) is 44.1 Å². The molecule has 2 bridgehead atoms. The first-order valence-electron chi connectivity index (χ1n) is 9.21. The number of amides is 1. The molecule has 1 aromatic rings. The average molecular weight is 362 g/mol. The van der Waals surface area contributed by atoms with Gasteiger partial charge in [0.05, 0.1) is 30.5 Å². The van der Waals surface area contributed by atoms with Crippen molar-refractivity contribution in [2.24, 2.45) is 0 Å². The second-order valence-electron chi connectivity index (χ2n) is 7.13. The summed E-state index contributed by atoms with van der Waals surface area (Å²) in [5, 5.41) is 14.5. The summed E-state index contributed by atoms with van der Waals surface area (Å²) in [4.78, 5) is 19.9. The highest BCUT2D eigenvalue weighted by molar-refractivity contribution is 5.73. The van der Waals surface area contributed by atoms with Crippen LogP contribution in [-0.4, -0.2) is 89.2 Å². The third-order valence-electron chi connectivity index (χ3n) is 5.56. The zero-order valence-electron chi connectivity index (χ0n) is 15.0. The van der Waals surface area contributed by atoms with E-state index in [0.717, 1.165) is 5.69 Å². The molecule has 4 heterocycles. The molecule has 2 N–H and O–H groups in total. The molecule has 8 heteroatoms. The first-order chi connectivity index (χ1) is 12.6. The quantitative estimate of drug-likeness (QED) is 0.724. The molecule has 3 saturated heterocycles. The number of aliphatic hydroxyl groups is 1. The van der Waals surface area contributed by atoms with Gasteiger partial charge in [0.1, 0.15) is 6.10 Å². The molecule has 0 unspecified atom stereocenters. The van der Waals surface area contributed by atoms with E-state index < -0.39 is 12.4 Å². The Labute approximate surface area is 153 Å². The lowest BCUT2D eigenvalue weighted by Crippen LogP contribution is -2.66. The van der Waals surface area contributed by atoms with Crippen molar-refractivity contribution in [3.63, 3.8) is 0 Å². The van der Waals surface area contributed by atoms with E-state index in [9.17, 15) is 9.90 Å². The second kappa shape index (κ2) is 7.58. The highest BCUT2D eigenvalue weighted by Crippen LogP contribution is 2.32. The number of carbonyl (C=O) groups is 1. The van der Waals surface area contributed by atoms with Crippen LogP contribution < -0.4 is 5.32 Å². The number of carbonyl (C=O) groups excluding carboxylic acids is 1. The van der Waals surface area contributed by atoms with Crippen LogP contribution in [0.15, 0.2) is 24.4 Å². The minimum absolute atomic E-state index is 0.0946. The topological polar surface area (TPSA) is 87.2 Å². The van der Waals surface area contributed by atoms with E-state index >= 15 is 0 Å². The van der Waals surface area contributed by atoms with Crippen LogP contribution in [0.5, 0.6) is 0 Å². The van der Waals surface area contributed by atoms with Crippen molar-refractivity contribution in [3.05, 3.63) is 30.1 Å². The lowest BCUT2D eigenvalue weighted by Gasteiger charge is -2.46. The summed E-state index contributed by atoms with van der Waals surface area (Å²) in [6, 6.07) is 5.34. The molecule has 1 aromatic heterocycles. The van der Waals surface area contributed by atoms with Crippen LogP contribution in [0.3, 0.4) is 0 Å². The number of pyridine rings is 1. The van der Waals surface area contributed by atoms with Gasteiger partial charge in [-0.1, -0.05) is 6.07 Å². The minimum atomic E-state index is -0.603. The Balaban J connectivity index is 1.42. The molecule has 1 amide bonds. The van der Waals surface area contributed by atoms with Crippen LogP contribution >= 0.6 is 0 Å². The largest absolute Gasteiger partial charge is 0.390 e. The number of fused-ring (bicyclic) bond motifs is 2. The van der Waals surface area contributed by atoms with Crippen LogP contribution in [0, 0.1) is 0 Å². The van der Waals surface area contributed by atoms with Crippen LogP contribution in [0.25, 0.3) is 0 Å². The van der Waals surface area contributed by atoms with E-state index in [1.165, 1.54) is 0 Å². The molecule has 142 valence electrons. The summed E-state index contributed by atoms with van der Waals surface area (Å²) < 4.78 is 11.8.